The number of aliphatic hydroxyl groups is 1. The maximum Gasteiger partial charge on any atom is 0.140 e. The van der Waals surface area contributed by atoms with Gasteiger partial charge in [-0.1, -0.05) is 42.4 Å². The van der Waals surface area contributed by atoms with Crippen LogP contribution in [0.4, 0.5) is 0 Å². The van der Waals surface area contributed by atoms with E-state index in [-0.39, 0.29) is 17.7 Å². The van der Waals surface area contributed by atoms with E-state index in [2.05, 4.69) is 12.1 Å². The highest BCUT2D eigenvalue weighted by molar-refractivity contribution is 8.00. The van der Waals surface area contributed by atoms with Crippen LogP contribution in [0.1, 0.15) is 30.6 Å². The van der Waals surface area contributed by atoms with E-state index in [1.165, 1.54) is 0 Å². The standard InChI is InChI=1S/C13H20N2O2S/c1-10(7-8-16)18-12(9-13(14)15-17)11-5-3-2-4-6-11/h2-6,10,12,16-17H,7-9H2,1H3,(H2,14,15). The van der Waals surface area contributed by atoms with Gasteiger partial charge < -0.3 is 16.0 Å². The van der Waals surface area contributed by atoms with Crippen molar-refractivity contribution in [2.75, 3.05) is 6.61 Å². The Kier molecular flexibility index (Phi) is 6.60. The highest BCUT2D eigenvalue weighted by Gasteiger charge is 2.17. The molecule has 1 rings (SSSR count). The lowest BCUT2D eigenvalue weighted by Crippen LogP contribution is -2.16. The number of thioether (sulfide) groups is 1. The van der Waals surface area contributed by atoms with Gasteiger partial charge in [0.2, 0.25) is 0 Å². The summed E-state index contributed by atoms with van der Waals surface area (Å²) in [5.41, 5.74) is 6.75. The molecule has 0 saturated carbocycles. The predicted molar refractivity (Wildman–Crippen MR) is 76.0 cm³/mol. The zero-order chi connectivity index (χ0) is 13.4. The van der Waals surface area contributed by atoms with Crippen molar-refractivity contribution in [3.05, 3.63) is 35.9 Å². The summed E-state index contributed by atoms with van der Waals surface area (Å²) in [6.45, 7) is 2.25. The number of nitrogens with zero attached hydrogens (tertiary/aromatic N) is 1. The van der Waals surface area contributed by atoms with E-state index in [0.717, 1.165) is 12.0 Å². The molecule has 0 radical (unpaired) electrons. The van der Waals surface area contributed by atoms with Crippen LogP contribution in [0.5, 0.6) is 0 Å². The van der Waals surface area contributed by atoms with Crippen molar-refractivity contribution >= 4 is 17.6 Å². The molecular weight excluding hydrogens is 248 g/mol. The Morgan fingerprint density at radius 1 is 1.39 bits per heavy atom. The normalized spacial score (nSPS) is 15.3. The number of nitrogens with two attached hydrogens (primary N) is 1. The van der Waals surface area contributed by atoms with E-state index in [1.807, 2.05) is 30.3 Å². The number of benzene rings is 1. The van der Waals surface area contributed by atoms with E-state index in [4.69, 9.17) is 16.0 Å². The fourth-order valence-corrected chi connectivity index (χ4v) is 3.06. The Morgan fingerprint density at radius 2 is 2.06 bits per heavy atom. The van der Waals surface area contributed by atoms with Gasteiger partial charge in [0, 0.05) is 23.5 Å². The number of aliphatic hydroxyl groups excluding tert-OH is 1. The molecule has 5 heteroatoms. The van der Waals surface area contributed by atoms with Crippen molar-refractivity contribution in [1.82, 2.24) is 0 Å². The molecule has 100 valence electrons. The molecule has 0 amide bonds. The van der Waals surface area contributed by atoms with Crippen molar-refractivity contribution in [2.45, 2.75) is 30.3 Å². The number of hydrogen-bond donors (Lipinski definition) is 3. The minimum Gasteiger partial charge on any atom is -0.409 e. The minimum atomic E-state index is 0.142. The van der Waals surface area contributed by atoms with Gasteiger partial charge in [-0.15, -0.1) is 0 Å². The van der Waals surface area contributed by atoms with Crippen molar-refractivity contribution in [3.8, 4) is 0 Å². The van der Waals surface area contributed by atoms with Crippen molar-refractivity contribution < 1.29 is 10.3 Å². The summed E-state index contributed by atoms with van der Waals surface area (Å²) in [4.78, 5) is 0. The van der Waals surface area contributed by atoms with E-state index < -0.39 is 0 Å². The van der Waals surface area contributed by atoms with E-state index in [9.17, 15) is 0 Å². The number of rotatable bonds is 7. The first kappa shape index (κ1) is 14.9. The first-order valence-corrected chi connectivity index (χ1v) is 6.89. The first-order valence-electron chi connectivity index (χ1n) is 5.95. The molecule has 2 atom stereocenters. The lowest BCUT2D eigenvalue weighted by molar-refractivity contribution is 0.288. The second kappa shape index (κ2) is 8.00. The van der Waals surface area contributed by atoms with E-state index in [0.29, 0.717) is 11.7 Å². The molecule has 4 N–H and O–H groups in total. The number of amidine groups is 1. The average Bonchev–Trinajstić information content (AvgIpc) is 2.39. The zero-order valence-electron chi connectivity index (χ0n) is 10.5. The summed E-state index contributed by atoms with van der Waals surface area (Å²) in [5.74, 6) is 0.229. The summed E-state index contributed by atoms with van der Waals surface area (Å²) in [6.07, 6.45) is 1.24. The van der Waals surface area contributed by atoms with Gasteiger partial charge in [-0.3, -0.25) is 0 Å². The molecule has 0 aliphatic carbocycles. The van der Waals surface area contributed by atoms with Crippen molar-refractivity contribution in [2.24, 2.45) is 10.9 Å². The third-order valence-corrected chi connectivity index (χ3v) is 4.09. The number of oxime groups is 1. The van der Waals surface area contributed by atoms with Crippen LogP contribution >= 0.6 is 11.8 Å². The Hall–Kier alpha value is -1.20. The number of hydrogen-bond acceptors (Lipinski definition) is 4. The molecule has 4 nitrogen and oxygen atoms in total. The quantitative estimate of drug-likeness (QED) is 0.307. The molecule has 0 heterocycles. The Morgan fingerprint density at radius 3 is 2.61 bits per heavy atom. The Labute approximate surface area is 112 Å². The molecule has 0 spiro atoms. The fourth-order valence-electron chi connectivity index (χ4n) is 1.67. The summed E-state index contributed by atoms with van der Waals surface area (Å²) in [5, 5.41) is 21.1. The second-order valence-corrected chi connectivity index (χ2v) is 5.80. The molecule has 0 fully saturated rings. The molecular formula is C13H20N2O2S. The molecule has 1 aromatic carbocycles. The van der Waals surface area contributed by atoms with Crippen LogP contribution in [-0.2, 0) is 0 Å². The molecule has 1 aromatic rings. The highest BCUT2D eigenvalue weighted by atomic mass is 32.2. The third kappa shape index (κ3) is 4.98. The van der Waals surface area contributed by atoms with Gasteiger partial charge in [0.05, 0.1) is 0 Å². The smallest absolute Gasteiger partial charge is 0.140 e. The summed E-state index contributed by atoms with van der Waals surface area (Å²) >= 11 is 1.73. The lowest BCUT2D eigenvalue weighted by Gasteiger charge is -2.20. The molecule has 0 aliphatic heterocycles. The maximum absolute atomic E-state index is 8.95. The molecule has 0 aliphatic rings. The van der Waals surface area contributed by atoms with Crippen LogP contribution in [0, 0.1) is 0 Å². The molecule has 0 saturated heterocycles. The molecule has 18 heavy (non-hydrogen) atoms. The largest absolute Gasteiger partial charge is 0.409 e. The molecule has 2 unspecified atom stereocenters. The second-order valence-electron chi connectivity index (χ2n) is 4.15. The van der Waals surface area contributed by atoms with Gasteiger partial charge in [0.25, 0.3) is 0 Å². The topological polar surface area (TPSA) is 78.8 Å². The Bertz CT molecular complexity index is 371. The van der Waals surface area contributed by atoms with Crippen molar-refractivity contribution in [3.63, 3.8) is 0 Å². The van der Waals surface area contributed by atoms with Crippen LogP contribution in [0.3, 0.4) is 0 Å². The lowest BCUT2D eigenvalue weighted by atomic mass is 10.1. The van der Waals surface area contributed by atoms with Gasteiger partial charge in [-0.05, 0) is 12.0 Å². The van der Waals surface area contributed by atoms with Gasteiger partial charge >= 0.3 is 0 Å². The van der Waals surface area contributed by atoms with Crippen LogP contribution in [0.2, 0.25) is 0 Å². The zero-order valence-corrected chi connectivity index (χ0v) is 11.3. The first-order chi connectivity index (χ1) is 8.67. The van der Waals surface area contributed by atoms with Gasteiger partial charge in [-0.2, -0.15) is 11.8 Å². The van der Waals surface area contributed by atoms with Crippen LogP contribution < -0.4 is 5.73 Å². The van der Waals surface area contributed by atoms with Gasteiger partial charge in [0.15, 0.2) is 0 Å². The fraction of sp³-hybridized carbons (Fsp3) is 0.462. The maximum atomic E-state index is 8.95. The van der Waals surface area contributed by atoms with E-state index in [1.54, 1.807) is 11.8 Å². The highest BCUT2D eigenvalue weighted by Crippen LogP contribution is 2.35. The monoisotopic (exact) mass is 268 g/mol. The van der Waals surface area contributed by atoms with Crippen LogP contribution in [0.15, 0.2) is 35.5 Å². The predicted octanol–water partition coefficient (Wildman–Crippen LogP) is 2.37. The van der Waals surface area contributed by atoms with Crippen LogP contribution in [-0.4, -0.2) is 28.0 Å². The summed E-state index contributed by atoms with van der Waals surface area (Å²) in [6, 6.07) is 9.99. The SMILES string of the molecule is CC(CCO)SC(CC(N)=NO)c1ccccc1. The molecule has 0 bridgehead atoms. The third-order valence-electron chi connectivity index (χ3n) is 2.63. The summed E-state index contributed by atoms with van der Waals surface area (Å²) in [7, 11) is 0. The Balaban J connectivity index is 2.75. The van der Waals surface area contributed by atoms with Crippen LogP contribution in [0.25, 0.3) is 0 Å². The van der Waals surface area contributed by atoms with Gasteiger partial charge in [0.1, 0.15) is 5.84 Å². The average molecular weight is 268 g/mol. The van der Waals surface area contributed by atoms with E-state index >= 15 is 0 Å². The van der Waals surface area contributed by atoms with Gasteiger partial charge in [-0.25, -0.2) is 0 Å². The van der Waals surface area contributed by atoms with Crippen molar-refractivity contribution in [1.29, 1.82) is 0 Å². The molecule has 0 aromatic heterocycles. The minimum absolute atomic E-state index is 0.142. The summed E-state index contributed by atoms with van der Waals surface area (Å²) < 4.78 is 0.